The van der Waals surface area contributed by atoms with Gasteiger partial charge in [-0.3, -0.25) is 4.79 Å². The molecule has 0 saturated carbocycles. The number of amides is 1. The van der Waals surface area contributed by atoms with Crippen molar-refractivity contribution < 1.29 is 14.7 Å². The zero-order valence-corrected chi connectivity index (χ0v) is 11.5. The zero-order valence-electron chi connectivity index (χ0n) is 11.5. The second-order valence-corrected chi connectivity index (χ2v) is 4.72. The number of rotatable bonds is 5. The van der Waals surface area contributed by atoms with Gasteiger partial charge in [-0.1, -0.05) is 24.3 Å². The Hall–Kier alpha value is -2.82. The van der Waals surface area contributed by atoms with Gasteiger partial charge in [0.05, 0.1) is 17.2 Å². The molecule has 2 aromatic carbocycles. The van der Waals surface area contributed by atoms with Crippen molar-refractivity contribution in [1.82, 2.24) is 0 Å². The first kappa shape index (κ1) is 14.6. The minimum atomic E-state index is -0.989. The average Bonchev–Trinajstić information content (AvgIpc) is 2.47. The molecule has 0 aliphatic carbocycles. The molecule has 0 fully saturated rings. The van der Waals surface area contributed by atoms with Crippen LogP contribution in [0.3, 0.4) is 0 Å². The highest BCUT2D eigenvalue weighted by Gasteiger charge is 2.12. The summed E-state index contributed by atoms with van der Waals surface area (Å²) in [5.41, 5.74) is 7.54. The summed E-state index contributed by atoms with van der Waals surface area (Å²) in [4.78, 5) is 22.3. The van der Waals surface area contributed by atoms with Crippen LogP contribution < -0.4 is 11.1 Å². The molecule has 0 aromatic heterocycles. The number of carbonyl (C=O) groups excluding carboxylic acids is 1. The summed E-state index contributed by atoms with van der Waals surface area (Å²) in [6.45, 7) is 1.74. The van der Waals surface area contributed by atoms with E-state index in [4.69, 9.17) is 10.8 Å². The van der Waals surface area contributed by atoms with Gasteiger partial charge in [0, 0.05) is 5.69 Å². The Morgan fingerprint density at radius 1 is 1.10 bits per heavy atom. The molecule has 21 heavy (non-hydrogen) atoms. The molecule has 0 radical (unpaired) electrons. The molecule has 108 valence electrons. The van der Waals surface area contributed by atoms with E-state index in [-0.39, 0.29) is 17.4 Å². The maximum absolute atomic E-state index is 11.1. The maximum Gasteiger partial charge on any atom is 0.337 e. The third kappa shape index (κ3) is 3.39. The topological polar surface area (TPSA) is 92.4 Å². The van der Waals surface area contributed by atoms with Crippen molar-refractivity contribution in [3.05, 3.63) is 59.7 Å². The van der Waals surface area contributed by atoms with E-state index in [2.05, 4.69) is 5.32 Å². The van der Waals surface area contributed by atoms with E-state index in [9.17, 15) is 9.59 Å². The van der Waals surface area contributed by atoms with E-state index < -0.39 is 5.97 Å². The van der Waals surface area contributed by atoms with Crippen LogP contribution in [-0.2, 0) is 4.79 Å². The predicted octanol–water partition coefficient (Wildman–Crippen LogP) is 2.72. The van der Waals surface area contributed by atoms with Gasteiger partial charge in [-0.15, -0.1) is 0 Å². The normalized spacial score (nSPS) is 11.7. The fourth-order valence-electron chi connectivity index (χ4n) is 1.95. The summed E-state index contributed by atoms with van der Waals surface area (Å²) < 4.78 is 0. The first-order valence-electron chi connectivity index (χ1n) is 6.47. The number of hydrogen-bond donors (Lipinski definition) is 3. The lowest BCUT2D eigenvalue weighted by Gasteiger charge is -2.11. The van der Waals surface area contributed by atoms with Crippen molar-refractivity contribution in [2.24, 2.45) is 5.73 Å². The lowest BCUT2D eigenvalue weighted by atomic mass is 10.0. The Morgan fingerprint density at radius 2 is 1.71 bits per heavy atom. The zero-order chi connectivity index (χ0) is 15.4. The summed E-state index contributed by atoms with van der Waals surface area (Å²) in [5, 5.41) is 12.2. The summed E-state index contributed by atoms with van der Waals surface area (Å²) in [6, 6.07) is 13.8. The van der Waals surface area contributed by atoms with Crippen LogP contribution in [0.4, 0.5) is 11.4 Å². The molecule has 0 bridgehead atoms. The van der Waals surface area contributed by atoms with Crippen LogP contribution in [0.15, 0.2) is 48.5 Å². The number of para-hydroxylation sites is 1. The molecule has 0 saturated heterocycles. The van der Waals surface area contributed by atoms with Crippen LogP contribution >= 0.6 is 0 Å². The molecule has 0 aliphatic heterocycles. The molecule has 1 atom stereocenters. The molecule has 2 rings (SSSR count). The van der Waals surface area contributed by atoms with Crippen molar-refractivity contribution in [2.45, 2.75) is 12.8 Å². The van der Waals surface area contributed by atoms with Gasteiger partial charge in [0.2, 0.25) is 5.91 Å². The van der Waals surface area contributed by atoms with Crippen molar-refractivity contribution >= 4 is 23.3 Å². The first-order valence-corrected chi connectivity index (χ1v) is 6.47. The number of nitrogens with two attached hydrogens (primary N) is 1. The third-order valence-electron chi connectivity index (χ3n) is 3.27. The fourth-order valence-corrected chi connectivity index (χ4v) is 1.95. The van der Waals surface area contributed by atoms with Crippen molar-refractivity contribution in [2.75, 3.05) is 5.32 Å². The van der Waals surface area contributed by atoms with Gasteiger partial charge in [0.25, 0.3) is 0 Å². The van der Waals surface area contributed by atoms with Crippen LogP contribution in [-0.4, -0.2) is 17.0 Å². The van der Waals surface area contributed by atoms with Gasteiger partial charge in [0.15, 0.2) is 0 Å². The van der Waals surface area contributed by atoms with Crippen LogP contribution in [0.25, 0.3) is 0 Å². The molecular weight excluding hydrogens is 268 g/mol. The van der Waals surface area contributed by atoms with Crippen molar-refractivity contribution in [3.8, 4) is 0 Å². The molecule has 1 unspecified atom stereocenters. The molecule has 5 heteroatoms. The molecule has 2 aromatic rings. The number of nitrogens with one attached hydrogen (secondary N) is 1. The summed E-state index contributed by atoms with van der Waals surface area (Å²) >= 11 is 0. The second kappa shape index (κ2) is 6.09. The Labute approximate surface area is 122 Å². The number of carbonyl (C=O) groups is 2. The van der Waals surface area contributed by atoms with Gasteiger partial charge in [0.1, 0.15) is 0 Å². The third-order valence-corrected chi connectivity index (χ3v) is 3.27. The molecule has 0 heterocycles. The van der Waals surface area contributed by atoms with E-state index in [0.29, 0.717) is 5.69 Å². The molecule has 0 spiro atoms. The first-order chi connectivity index (χ1) is 9.99. The van der Waals surface area contributed by atoms with E-state index in [1.165, 1.54) is 6.07 Å². The number of carboxylic acids is 1. The fraction of sp³-hybridized carbons (Fsp3) is 0.125. The Kier molecular flexibility index (Phi) is 4.23. The lowest BCUT2D eigenvalue weighted by Crippen LogP contribution is -2.18. The van der Waals surface area contributed by atoms with E-state index >= 15 is 0 Å². The standard InChI is InChI=1S/C16H16N2O3/c1-10(15(17)19)11-6-8-12(9-7-11)18-14-5-3-2-4-13(14)16(20)21/h2-10,18H,1H3,(H2,17,19)(H,20,21). The molecular formula is C16H16N2O3. The van der Waals surface area contributed by atoms with Gasteiger partial charge >= 0.3 is 5.97 Å². The summed E-state index contributed by atoms with van der Waals surface area (Å²) in [6.07, 6.45) is 0. The van der Waals surface area contributed by atoms with Crippen LogP contribution in [0.2, 0.25) is 0 Å². The summed E-state index contributed by atoms with van der Waals surface area (Å²) in [5.74, 6) is -1.73. The largest absolute Gasteiger partial charge is 0.478 e. The van der Waals surface area contributed by atoms with Crippen LogP contribution in [0.5, 0.6) is 0 Å². The lowest BCUT2D eigenvalue weighted by molar-refractivity contribution is -0.119. The Balaban J connectivity index is 2.22. The molecule has 1 amide bonds. The number of hydrogen-bond acceptors (Lipinski definition) is 3. The monoisotopic (exact) mass is 284 g/mol. The quantitative estimate of drug-likeness (QED) is 0.787. The van der Waals surface area contributed by atoms with Gasteiger partial charge < -0.3 is 16.2 Å². The highest BCUT2D eigenvalue weighted by atomic mass is 16.4. The number of aromatic carboxylic acids is 1. The molecule has 4 N–H and O–H groups in total. The molecule has 5 nitrogen and oxygen atoms in total. The number of carboxylic acid groups (broad SMARTS) is 1. The number of benzene rings is 2. The van der Waals surface area contributed by atoms with Crippen LogP contribution in [0.1, 0.15) is 28.8 Å². The smallest absolute Gasteiger partial charge is 0.337 e. The van der Waals surface area contributed by atoms with Crippen molar-refractivity contribution in [1.29, 1.82) is 0 Å². The second-order valence-electron chi connectivity index (χ2n) is 4.72. The van der Waals surface area contributed by atoms with Crippen molar-refractivity contribution in [3.63, 3.8) is 0 Å². The SMILES string of the molecule is CC(C(N)=O)c1ccc(Nc2ccccc2C(=O)O)cc1. The molecule has 0 aliphatic rings. The highest BCUT2D eigenvalue weighted by Crippen LogP contribution is 2.23. The maximum atomic E-state index is 11.1. The highest BCUT2D eigenvalue weighted by molar-refractivity contribution is 5.95. The predicted molar refractivity (Wildman–Crippen MR) is 80.7 cm³/mol. The van der Waals surface area contributed by atoms with E-state index in [1.54, 1.807) is 49.4 Å². The summed E-state index contributed by atoms with van der Waals surface area (Å²) in [7, 11) is 0. The average molecular weight is 284 g/mol. The Morgan fingerprint density at radius 3 is 2.29 bits per heavy atom. The van der Waals surface area contributed by atoms with Crippen LogP contribution in [0, 0.1) is 0 Å². The minimum absolute atomic E-state index is 0.201. The van der Waals surface area contributed by atoms with E-state index in [1.807, 2.05) is 0 Å². The van der Waals surface area contributed by atoms with Gasteiger partial charge in [-0.2, -0.15) is 0 Å². The van der Waals surface area contributed by atoms with E-state index in [0.717, 1.165) is 11.3 Å². The van der Waals surface area contributed by atoms with Gasteiger partial charge in [-0.05, 0) is 36.8 Å². The number of anilines is 2. The van der Waals surface area contributed by atoms with Gasteiger partial charge in [-0.25, -0.2) is 4.79 Å². The Bertz CT molecular complexity index is 665. The minimum Gasteiger partial charge on any atom is -0.478 e. The number of primary amides is 1.